The van der Waals surface area contributed by atoms with Crippen molar-refractivity contribution in [2.75, 3.05) is 39.5 Å². The van der Waals surface area contributed by atoms with Crippen LogP contribution in [0.15, 0.2) is 0 Å². The van der Waals surface area contributed by atoms with Gasteiger partial charge in [-0.1, -0.05) is 45.4 Å². The van der Waals surface area contributed by atoms with Gasteiger partial charge < -0.3 is 14.9 Å². The SMILES string of the molecule is CCCCCCCCCC(=O)NCCC[N+](C)(C)CC(O)CS(=O)(=O)O. The smallest absolute Gasteiger partial charge is 0.267 e. The number of unbranched alkanes of at least 4 members (excludes halogenated alkanes) is 6. The fourth-order valence-corrected chi connectivity index (χ4v) is 3.62. The zero-order valence-electron chi connectivity index (χ0n) is 16.7. The van der Waals surface area contributed by atoms with E-state index in [9.17, 15) is 18.3 Å². The molecule has 0 radical (unpaired) electrons. The molecule has 8 heteroatoms. The largest absolute Gasteiger partial charge is 0.386 e. The third-order valence-electron chi connectivity index (χ3n) is 4.38. The molecule has 7 nitrogen and oxygen atoms in total. The van der Waals surface area contributed by atoms with Gasteiger partial charge in [0.2, 0.25) is 5.91 Å². The van der Waals surface area contributed by atoms with Crippen molar-refractivity contribution in [3.63, 3.8) is 0 Å². The highest BCUT2D eigenvalue weighted by Crippen LogP contribution is 2.08. The highest BCUT2D eigenvalue weighted by Gasteiger charge is 2.24. The number of aliphatic hydroxyl groups is 1. The lowest BCUT2D eigenvalue weighted by molar-refractivity contribution is -0.893. The molecule has 156 valence electrons. The fourth-order valence-electron chi connectivity index (χ4n) is 3.02. The molecule has 0 heterocycles. The third-order valence-corrected chi connectivity index (χ3v) is 5.18. The van der Waals surface area contributed by atoms with Crippen molar-refractivity contribution in [1.82, 2.24) is 5.32 Å². The van der Waals surface area contributed by atoms with Crippen LogP contribution in [0.5, 0.6) is 0 Å². The predicted molar refractivity (Wildman–Crippen MR) is 105 cm³/mol. The van der Waals surface area contributed by atoms with Crippen molar-refractivity contribution in [1.29, 1.82) is 0 Å². The molecule has 0 aliphatic rings. The van der Waals surface area contributed by atoms with Crippen molar-refractivity contribution in [2.24, 2.45) is 0 Å². The van der Waals surface area contributed by atoms with Gasteiger partial charge in [-0.15, -0.1) is 0 Å². The second-order valence-electron chi connectivity index (χ2n) is 7.82. The van der Waals surface area contributed by atoms with Crippen molar-refractivity contribution in [3.05, 3.63) is 0 Å². The first-order valence-electron chi connectivity index (χ1n) is 9.77. The van der Waals surface area contributed by atoms with E-state index < -0.39 is 22.0 Å². The van der Waals surface area contributed by atoms with Crippen LogP contribution in [0.4, 0.5) is 0 Å². The van der Waals surface area contributed by atoms with E-state index in [1.807, 2.05) is 14.1 Å². The Morgan fingerprint density at radius 2 is 1.62 bits per heavy atom. The first-order valence-corrected chi connectivity index (χ1v) is 11.4. The van der Waals surface area contributed by atoms with Gasteiger partial charge in [0.15, 0.2) is 0 Å². The Kier molecular flexibility index (Phi) is 13.1. The number of nitrogens with one attached hydrogen (secondary N) is 1. The molecular weight excluding hydrogens is 356 g/mol. The van der Waals surface area contributed by atoms with Gasteiger partial charge in [-0.3, -0.25) is 9.35 Å². The summed E-state index contributed by atoms with van der Waals surface area (Å²) < 4.78 is 30.7. The minimum absolute atomic E-state index is 0.0790. The van der Waals surface area contributed by atoms with Crippen LogP contribution in [0.1, 0.15) is 64.7 Å². The molecule has 0 aromatic carbocycles. The lowest BCUT2D eigenvalue weighted by Crippen LogP contribution is -2.48. The minimum Gasteiger partial charge on any atom is -0.386 e. The Morgan fingerprint density at radius 3 is 2.19 bits per heavy atom. The quantitative estimate of drug-likeness (QED) is 0.211. The monoisotopic (exact) mass is 395 g/mol. The molecule has 0 spiro atoms. The van der Waals surface area contributed by atoms with Crippen LogP contribution in [0.2, 0.25) is 0 Å². The van der Waals surface area contributed by atoms with E-state index in [2.05, 4.69) is 12.2 Å². The van der Waals surface area contributed by atoms with Gasteiger partial charge in [-0.05, 0) is 6.42 Å². The van der Waals surface area contributed by atoms with E-state index in [-0.39, 0.29) is 12.5 Å². The van der Waals surface area contributed by atoms with E-state index in [0.29, 0.717) is 24.0 Å². The van der Waals surface area contributed by atoms with Crippen LogP contribution in [0.25, 0.3) is 0 Å². The highest BCUT2D eigenvalue weighted by atomic mass is 32.2. The van der Waals surface area contributed by atoms with Gasteiger partial charge in [-0.2, -0.15) is 8.42 Å². The number of hydrogen-bond acceptors (Lipinski definition) is 4. The maximum atomic E-state index is 11.8. The molecule has 0 aromatic rings. The summed E-state index contributed by atoms with van der Waals surface area (Å²) in [7, 11) is -0.402. The molecule has 1 atom stereocenters. The maximum absolute atomic E-state index is 11.8. The Hall–Kier alpha value is -0.700. The summed E-state index contributed by atoms with van der Waals surface area (Å²) in [6.07, 6.45) is 8.53. The molecule has 0 aliphatic heterocycles. The summed E-state index contributed by atoms with van der Waals surface area (Å²) in [5, 5.41) is 12.6. The van der Waals surface area contributed by atoms with Crippen molar-refractivity contribution < 1.29 is 27.4 Å². The zero-order chi connectivity index (χ0) is 20.1. The van der Waals surface area contributed by atoms with Crippen LogP contribution in [-0.4, -0.2) is 74.1 Å². The van der Waals surface area contributed by atoms with Crippen molar-refractivity contribution >= 4 is 16.0 Å². The Bertz CT molecular complexity index is 480. The predicted octanol–water partition coefficient (Wildman–Crippen LogP) is 1.96. The fraction of sp³-hybridized carbons (Fsp3) is 0.944. The number of likely N-dealkylation sites (N-methyl/N-ethyl adjacent to an activating group) is 1. The molecular formula is C18H39N2O5S+. The van der Waals surface area contributed by atoms with Crippen LogP contribution in [-0.2, 0) is 14.9 Å². The van der Waals surface area contributed by atoms with Gasteiger partial charge in [0, 0.05) is 19.4 Å². The zero-order valence-corrected chi connectivity index (χ0v) is 17.6. The minimum atomic E-state index is -4.17. The average Bonchev–Trinajstić information content (AvgIpc) is 2.48. The average molecular weight is 396 g/mol. The summed E-state index contributed by atoms with van der Waals surface area (Å²) in [6, 6.07) is 0. The van der Waals surface area contributed by atoms with Gasteiger partial charge in [-0.25, -0.2) is 0 Å². The van der Waals surface area contributed by atoms with E-state index in [4.69, 9.17) is 4.55 Å². The Balaban J connectivity index is 3.74. The summed E-state index contributed by atoms with van der Waals surface area (Å²) in [4.78, 5) is 11.8. The molecule has 0 aliphatic carbocycles. The van der Waals surface area contributed by atoms with Crippen LogP contribution < -0.4 is 5.32 Å². The van der Waals surface area contributed by atoms with Crippen molar-refractivity contribution in [3.8, 4) is 0 Å². The maximum Gasteiger partial charge on any atom is 0.267 e. The summed E-state index contributed by atoms with van der Waals surface area (Å²) >= 11 is 0. The number of carbonyl (C=O) groups excluding carboxylic acids is 1. The molecule has 26 heavy (non-hydrogen) atoms. The number of carbonyl (C=O) groups is 1. The molecule has 1 amide bonds. The number of aliphatic hydroxyl groups excluding tert-OH is 1. The second kappa shape index (κ2) is 13.5. The topological polar surface area (TPSA) is 104 Å². The molecule has 0 rings (SSSR count). The van der Waals surface area contributed by atoms with E-state index >= 15 is 0 Å². The summed E-state index contributed by atoms with van der Waals surface area (Å²) in [5.41, 5.74) is 0. The molecule has 0 saturated carbocycles. The van der Waals surface area contributed by atoms with Gasteiger partial charge in [0.25, 0.3) is 10.1 Å². The molecule has 0 aromatic heterocycles. The standard InChI is InChI=1S/C18H38N2O5S/c1-4-5-6-7-8-9-10-12-18(22)19-13-11-14-20(2,3)15-17(21)16-26(23,24)25/h17,21H,4-16H2,1-3H3,(H-,19,22,23,24,25)/p+1. The number of hydrogen-bond donors (Lipinski definition) is 3. The molecule has 0 bridgehead atoms. The Morgan fingerprint density at radius 1 is 1.04 bits per heavy atom. The van der Waals surface area contributed by atoms with Crippen molar-refractivity contribution in [2.45, 2.75) is 70.8 Å². The van der Waals surface area contributed by atoms with Crippen LogP contribution in [0, 0.1) is 0 Å². The van der Waals surface area contributed by atoms with Crippen LogP contribution in [0.3, 0.4) is 0 Å². The van der Waals surface area contributed by atoms with E-state index in [1.54, 1.807) is 0 Å². The number of rotatable bonds is 16. The summed E-state index contributed by atoms with van der Waals surface area (Å²) in [5.74, 6) is -0.570. The molecule has 0 fully saturated rings. The number of nitrogens with zero attached hydrogens (tertiary/aromatic N) is 1. The Labute approximate surface area is 159 Å². The van der Waals surface area contributed by atoms with E-state index in [0.717, 1.165) is 19.3 Å². The lowest BCUT2D eigenvalue weighted by atomic mass is 10.1. The van der Waals surface area contributed by atoms with Crippen LogP contribution >= 0.6 is 0 Å². The third kappa shape index (κ3) is 16.8. The lowest BCUT2D eigenvalue weighted by Gasteiger charge is -2.31. The number of amides is 1. The number of quaternary nitrogens is 1. The van der Waals surface area contributed by atoms with E-state index in [1.165, 1.54) is 32.1 Å². The first kappa shape index (κ1) is 25.3. The first-order chi connectivity index (χ1) is 12.1. The normalized spacial score (nSPS) is 13.6. The highest BCUT2D eigenvalue weighted by molar-refractivity contribution is 7.85. The summed E-state index contributed by atoms with van der Waals surface area (Å²) in [6.45, 7) is 3.70. The molecule has 0 saturated heterocycles. The van der Waals surface area contributed by atoms with Gasteiger partial charge in [0.05, 0.1) is 20.6 Å². The second-order valence-corrected chi connectivity index (χ2v) is 9.32. The molecule has 1 unspecified atom stereocenters. The van der Waals surface area contributed by atoms with Gasteiger partial charge in [0.1, 0.15) is 18.4 Å². The molecule has 3 N–H and O–H groups in total. The van der Waals surface area contributed by atoms with Gasteiger partial charge >= 0.3 is 0 Å².